The predicted molar refractivity (Wildman–Crippen MR) is 123 cm³/mol. The number of epoxide rings is 1. The first-order valence-electron chi connectivity index (χ1n) is 11.3. The molecule has 29 heavy (non-hydrogen) atoms. The van der Waals surface area contributed by atoms with Gasteiger partial charge in [0.2, 0.25) is 0 Å². The van der Waals surface area contributed by atoms with E-state index >= 15 is 0 Å². The second-order valence-electron chi connectivity index (χ2n) is 9.13. The number of benzene rings is 1. The number of aryl methyl sites for hydroxylation is 1. The molecule has 158 valence electrons. The first-order chi connectivity index (χ1) is 13.8. The van der Waals surface area contributed by atoms with E-state index in [1.165, 1.54) is 22.3 Å². The van der Waals surface area contributed by atoms with E-state index in [0.29, 0.717) is 11.7 Å². The average molecular weight is 395 g/mol. The minimum atomic E-state index is 0.00860. The maximum Gasteiger partial charge on any atom is 0.118 e. The van der Waals surface area contributed by atoms with Crippen molar-refractivity contribution in [2.75, 3.05) is 6.61 Å². The van der Waals surface area contributed by atoms with Gasteiger partial charge in [0, 0.05) is 5.41 Å². The summed E-state index contributed by atoms with van der Waals surface area (Å²) in [6.45, 7) is 14.3. The molecule has 1 aromatic rings. The van der Waals surface area contributed by atoms with Gasteiger partial charge in [-0.1, -0.05) is 63.6 Å². The number of allylic oxidation sites excluding steroid dienone is 5. The lowest BCUT2D eigenvalue weighted by Gasteiger charge is -2.36. The molecule has 1 aliphatic carbocycles. The zero-order valence-electron chi connectivity index (χ0n) is 19.1. The summed E-state index contributed by atoms with van der Waals surface area (Å²) >= 11 is 0. The molecule has 1 fully saturated rings. The van der Waals surface area contributed by atoms with E-state index in [2.05, 4.69) is 65.0 Å². The van der Waals surface area contributed by atoms with Crippen LogP contribution in [0.2, 0.25) is 0 Å². The molecular formula is C27H38O2. The van der Waals surface area contributed by atoms with Crippen LogP contribution in [0.4, 0.5) is 0 Å². The highest BCUT2D eigenvalue weighted by molar-refractivity contribution is 5.46. The molecule has 0 spiro atoms. The van der Waals surface area contributed by atoms with Gasteiger partial charge in [-0.3, -0.25) is 0 Å². The Morgan fingerprint density at radius 2 is 1.83 bits per heavy atom. The number of hydrogen-bond acceptors (Lipinski definition) is 2. The van der Waals surface area contributed by atoms with E-state index < -0.39 is 0 Å². The highest BCUT2D eigenvalue weighted by Crippen LogP contribution is 2.44. The average Bonchev–Trinajstić information content (AvgIpc) is 3.51. The van der Waals surface area contributed by atoms with Gasteiger partial charge in [-0.05, 0) is 80.2 Å². The smallest absolute Gasteiger partial charge is 0.118 e. The molecule has 0 bridgehead atoms. The summed E-state index contributed by atoms with van der Waals surface area (Å²) in [5.41, 5.74) is 6.72. The summed E-state index contributed by atoms with van der Waals surface area (Å²) in [5.74, 6) is 0.889. The fraction of sp³-hybridized carbons (Fsp3) is 0.556. The molecule has 2 atom stereocenters. The standard InChI is InChI=1S/C27H38O2/c1-7-26(18-29-26)17-21(6)24-14-12-23(16-20(24)5)27(8-2,9-3)22-11-10-19(4)25(28)15-13-22/h10,12-16,21,28H,7-9,11,17-18H2,1-6H3. The van der Waals surface area contributed by atoms with Crippen LogP contribution in [0.15, 0.2) is 53.3 Å². The van der Waals surface area contributed by atoms with Crippen molar-refractivity contribution in [3.05, 3.63) is 70.0 Å². The third kappa shape index (κ3) is 4.23. The second kappa shape index (κ2) is 8.52. The van der Waals surface area contributed by atoms with Crippen molar-refractivity contribution < 1.29 is 9.84 Å². The third-order valence-corrected chi connectivity index (χ3v) is 7.52. The molecule has 0 amide bonds. The van der Waals surface area contributed by atoms with E-state index in [9.17, 15) is 5.11 Å². The molecule has 2 nitrogen and oxygen atoms in total. The highest BCUT2D eigenvalue weighted by Gasteiger charge is 2.44. The van der Waals surface area contributed by atoms with Gasteiger partial charge < -0.3 is 9.84 Å². The molecule has 1 aliphatic heterocycles. The zero-order chi connectivity index (χ0) is 21.2. The van der Waals surface area contributed by atoms with Gasteiger partial charge in [-0.15, -0.1) is 0 Å². The van der Waals surface area contributed by atoms with Gasteiger partial charge in [0.05, 0.1) is 12.2 Å². The normalized spacial score (nSPS) is 23.0. The van der Waals surface area contributed by atoms with Crippen molar-refractivity contribution in [1.82, 2.24) is 0 Å². The van der Waals surface area contributed by atoms with Crippen LogP contribution in [-0.4, -0.2) is 17.3 Å². The SMILES string of the molecule is CCC1(CC(C)c2ccc(C(CC)(CC)C3=CC=C(O)C(C)=CC3)cc2C)CO1. The monoisotopic (exact) mass is 394 g/mol. The molecule has 0 saturated carbocycles. The van der Waals surface area contributed by atoms with Gasteiger partial charge in [0.1, 0.15) is 5.76 Å². The molecule has 0 aromatic heterocycles. The number of rotatable bonds is 8. The maximum absolute atomic E-state index is 10.2. The Morgan fingerprint density at radius 1 is 1.14 bits per heavy atom. The molecule has 2 unspecified atom stereocenters. The summed E-state index contributed by atoms with van der Waals surface area (Å²) in [7, 11) is 0. The fourth-order valence-corrected chi connectivity index (χ4v) is 5.16. The van der Waals surface area contributed by atoms with Crippen molar-refractivity contribution >= 4 is 0 Å². The molecule has 2 heteroatoms. The first kappa shape index (κ1) is 21.9. The lowest BCUT2D eigenvalue weighted by atomic mass is 9.68. The van der Waals surface area contributed by atoms with Crippen molar-refractivity contribution in [3.63, 3.8) is 0 Å². The Labute approximate surface area is 177 Å². The number of aliphatic hydroxyl groups excluding tert-OH is 1. The first-order valence-corrected chi connectivity index (χ1v) is 11.3. The Bertz CT molecular complexity index is 832. The topological polar surface area (TPSA) is 32.8 Å². The second-order valence-corrected chi connectivity index (χ2v) is 9.13. The quantitative estimate of drug-likeness (QED) is 0.465. The van der Waals surface area contributed by atoms with Crippen LogP contribution in [0.5, 0.6) is 0 Å². The van der Waals surface area contributed by atoms with Crippen molar-refractivity contribution in [2.45, 2.75) is 90.6 Å². The Balaban J connectivity index is 1.93. The van der Waals surface area contributed by atoms with Crippen molar-refractivity contribution in [2.24, 2.45) is 0 Å². The molecule has 0 radical (unpaired) electrons. The highest BCUT2D eigenvalue weighted by atomic mass is 16.6. The summed E-state index contributed by atoms with van der Waals surface area (Å²) in [6.07, 6.45) is 11.4. The van der Waals surface area contributed by atoms with Gasteiger partial charge >= 0.3 is 0 Å². The van der Waals surface area contributed by atoms with Crippen molar-refractivity contribution in [1.29, 1.82) is 0 Å². The van der Waals surface area contributed by atoms with Crippen LogP contribution in [0.3, 0.4) is 0 Å². The van der Waals surface area contributed by atoms with Crippen LogP contribution in [0, 0.1) is 6.92 Å². The summed E-state index contributed by atoms with van der Waals surface area (Å²) in [5, 5.41) is 10.2. The van der Waals surface area contributed by atoms with E-state index in [4.69, 9.17) is 4.74 Å². The predicted octanol–water partition coefficient (Wildman–Crippen LogP) is 7.44. The zero-order valence-corrected chi connectivity index (χ0v) is 19.1. The molecule has 1 saturated heterocycles. The summed E-state index contributed by atoms with van der Waals surface area (Å²) in [4.78, 5) is 0. The maximum atomic E-state index is 10.2. The van der Waals surface area contributed by atoms with Gasteiger partial charge in [0.15, 0.2) is 0 Å². The van der Waals surface area contributed by atoms with E-state index in [-0.39, 0.29) is 11.0 Å². The van der Waals surface area contributed by atoms with Crippen LogP contribution in [0.25, 0.3) is 0 Å². The number of aliphatic hydroxyl groups is 1. The van der Waals surface area contributed by atoms with Crippen LogP contribution < -0.4 is 0 Å². The van der Waals surface area contributed by atoms with E-state index in [1.807, 2.05) is 13.0 Å². The lowest BCUT2D eigenvalue weighted by molar-refractivity contribution is 0.269. The molecule has 1 aromatic carbocycles. The third-order valence-electron chi connectivity index (χ3n) is 7.52. The Kier molecular flexibility index (Phi) is 6.43. The Morgan fingerprint density at radius 3 is 2.38 bits per heavy atom. The summed E-state index contributed by atoms with van der Waals surface area (Å²) in [6, 6.07) is 7.12. The minimum absolute atomic E-state index is 0.00860. The van der Waals surface area contributed by atoms with E-state index in [0.717, 1.165) is 44.3 Å². The summed E-state index contributed by atoms with van der Waals surface area (Å²) < 4.78 is 5.76. The lowest BCUT2D eigenvalue weighted by Crippen LogP contribution is -2.27. The molecule has 2 aliphatic rings. The van der Waals surface area contributed by atoms with Crippen molar-refractivity contribution in [3.8, 4) is 0 Å². The van der Waals surface area contributed by atoms with Gasteiger partial charge in [-0.25, -0.2) is 0 Å². The molecule has 3 rings (SSSR count). The molecule has 1 N–H and O–H groups in total. The number of ether oxygens (including phenoxy) is 1. The number of hydrogen-bond donors (Lipinski definition) is 1. The van der Waals surface area contributed by atoms with Crippen LogP contribution in [0.1, 0.15) is 89.3 Å². The largest absolute Gasteiger partial charge is 0.508 e. The molecular weight excluding hydrogens is 356 g/mol. The minimum Gasteiger partial charge on any atom is -0.508 e. The van der Waals surface area contributed by atoms with Gasteiger partial charge in [-0.2, -0.15) is 0 Å². The molecule has 1 heterocycles. The Hall–Kier alpha value is -1.80. The van der Waals surface area contributed by atoms with Gasteiger partial charge in [0.25, 0.3) is 0 Å². The fourth-order valence-electron chi connectivity index (χ4n) is 5.16. The van der Waals surface area contributed by atoms with E-state index in [1.54, 1.807) is 0 Å². The van der Waals surface area contributed by atoms with Crippen LogP contribution >= 0.6 is 0 Å². The van der Waals surface area contributed by atoms with Crippen LogP contribution in [-0.2, 0) is 10.2 Å².